The van der Waals surface area contributed by atoms with Gasteiger partial charge in [0.1, 0.15) is 6.61 Å². The molecule has 0 saturated heterocycles. The molecule has 138 valence electrons. The lowest BCUT2D eigenvalue weighted by Crippen LogP contribution is -2.41. The minimum atomic E-state index is -0.468. The lowest BCUT2D eigenvalue weighted by atomic mass is 9.56. The Kier molecular flexibility index (Phi) is 4.82. The molecule has 25 heavy (non-hydrogen) atoms. The molecule has 0 amide bonds. The van der Waals surface area contributed by atoms with Gasteiger partial charge in [-0.3, -0.25) is 4.79 Å². The molecule has 1 heterocycles. The lowest BCUT2D eigenvalue weighted by molar-refractivity contribution is -0.150. The second-order valence-corrected chi connectivity index (χ2v) is 8.62. The van der Waals surface area contributed by atoms with E-state index in [0.29, 0.717) is 12.5 Å². The predicted octanol–water partition coefficient (Wildman–Crippen LogP) is 4.35. The summed E-state index contributed by atoms with van der Waals surface area (Å²) in [6.45, 7) is 7.14. The van der Waals surface area contributed by atoms with Gasteiger partial charge in [-0.15, -0.1) is 0 Å². The molecule has 0 radical (unpaired) electrons. The molecule has 2 aliphatic carbocycles. The number of ether oxygens (including phenoxy) is 2. The highest BCUT2D eigenvalue weighted by atomic mass is 16.5. The Hall–Kier alpha value is -1.58. The van der Waals surface area contributed by atoms with Gasteiger partial charge in [-0.2, -0.15) is 0 Å². The largest absolute Gasteiger partial charge is 0.468 e. The second-order valence-electron chi connectivity index (χ2n) is 8.62. The van der Waals surface area contributed by atoms with Gasteiger partial charge in [0.25, 0.3) is 0 Å². The Balaban J connectivity index is 1.90. The molecule has 4 nitrogen and oxygen atoms in total. The first-order chi connectivity index (χ1) is 11.8. The molecule has 3 aliphatic rings. The average molecular weight is 346 g/mol. The molecule has 0 aromatic heterocycles. The first-order valence-electron chi connectivity index (χ1n) is 9.46. The highest BCUT2D eigenvalue weighted by Crippen LogP contribution is 2.56. The lowest BCUT2D eigenvalue weighted by Gasteiger charge is -2.48. The van der Waals surface area contributed by atoms with Crippen molar-refractivity contribution in [3.63, 3.8) is 0 Å². The van der Waals surface area contributed by atoms with Crippen LogP contribution in [0, 0.1) is 16.7 Å². The Morgan fingerprint density at radius 1 is 1.36 bits per heavy atom. The van der Waals surface area contributed by atoms with Crippen molar-refractivity contribution in [2.24, 2.45) is 16.7 Å². The molecule has 1 unspecified atom stereocenters. The predicted molar refractivity (Wildman–Crippen MR) is 95.8 cm³/mol. The second kappa shape index (κ2) is 6.62. The van der Waals surface area contributed by atoms with Crippen LogP contribution in [0.3, 0.4) is 0 Å². The molecule has 0 aromatic carbocycles. The summed E-state index contributed by atoms with van der Waals surface area (Å²) in [4.78, 5) is 23.8. The van der Waals surface area contributed by atoms with E-state index in [0.717, 1.165) is 50.5 Å². The SMILES string of the molecule is COC(=O)[C@]1(C)CCCC2=C1C[C@@H](C)CC2(C)CCC1=CC(=O)OC1. The van der Waals surface area contributed by atoms with E-state index >= 15 is 0 Å². The van der Waals surface area contributed by atoms with E-state index in [4.69, 9.17) is 9.47 Å². The number of cyclic esters (lactones) is 1. The maximum atomic E-state index is 12.5. The highest BCUT2D eigenvalue weighted by Gasteiger charge is 2.48. The smallest absolute Gasteiger partial charge is 0.331 e. The van der Waals surface area contributed by atoms with Crippen molar-refractivity contribution in [3.8, 4) is 0 Å². The maximum Gasteiger partial charge on any atom is 0.331 e. The van der Waals surface area contributed by atoms with Crippen molar-refractivity contribution in [3.05, 3.63) is 22.8 Å². The fourth-order valence-corrected chi connectivity index (χ4v) is 5.28. The summed E-state index contributed by atoms with van der Waals surface area (Å²) in [5, 5.41) is 0. The van der Waals surface area contributed by atoms with Crippen molar-refractivity contribution in [1.29, 1.82) is 0 Å². The third-order valence-corrected chi connectivity index (χ3v) is 6.57. The zero-order valence-corrected chi connectivity index (χ0v) is 15.9. The molecule has 0 fully saturated rings. The van der Waals surface area contributed by atoms with Gasteiger partial charge in [-0.25, -0.2) is 4.79 Å². The van der Waals surface area contributed by atoms with Crippen LogP contribution in [0.25, 0.3) is 0 Å². The minimum Gasteiger partial charge on any atom is -0.468 e. The van der Waals surface area contributed by atoms with E-state index < -0.39 is 5.41 Å². The number of carbonyl (C=O) groups is 2. The Bertz CT molecular complexity index is 644. The third-order valence-electron chi connectivity index (χ3n) is 6.57. The fraction of sp³-hybridized carbons (Fsp3) is 0.714. The van der Waals surface area contributed by atoms with E-state index in [2.05, 4.69) is 20.8 Å². The molecular weight excluding hydrogens is 316 g/mol. The van der Waals surface area contributed by atoms with Crippen LogP contribution in [-0.4, -0.2) is 25.7 Å². The highest BCUT2D eigenvalue weighted by molar-refractivity contribution is 5.85. The number of allylic oxidation sites excluding steroid dienone is 1. The van der Waals surface area contributed by atoms with Crippen molar-refractivity contribution in [2.75, 3.05) is 13.7 Å². The topological polar surface area (TPSA) is 52.6 Å². The number of esters is 2. The number of hydrogen-bond acceptors (Lipinski definition) is 4. The van der Waals surface area contributed by atoms with Crippen molar-refractivity contribution in [2.45, 2.75) is 65.7 Å². The average Bonchev–Trinajstić information content (AvgIpc) is 2.99. The summed E-state index contributed by atoms with van der Waals surface area (Å²) in [5.41, 5.74) is 3.53. The normalized spacial score (nSPS) is 35.1. The van der Waals surface area contributed by atoms with Crippen LogP contribution in [0.15, 0.2) is 22.8 Å². The van der Waals surface area contributed by atoms with E-state index in [1.165, 1.54) is 18.3 Å². The molecule has 4 heteroatoms. The molecule has 0 spiro atoms. The monoisotopic (exact) mass is 346 g/mol. The number of carbonyl (C=O) groups excluding carboxylic acids is 2. The molecule has 0 bridgehead atoms. The van der Waals surface area contributed by atoms with Gasteiger partial charge in [0.2, 0.25) is 0 Å². The summed E-state index contributed by atoms with van der Waals surface area (Å²) >= 11 is 0. The summed E-state index contributed by atoms with van der Waals surface area (Å²) in [6, 6.07) is 0. The van der Waals surface area contributed by atoms with Crippen LogP contribution >= 0.6 is 0 Å². The first kappa shape index (κ1) is 18.2. The van der Waals surface area contributed by atoms with Crippen LogP contribution in [0.2, 0.25) is 0 Å². The van der Waals surface area contributed by atoms with Crippen LogP contribution < -0.4 is 0 Å². The zero-order valence-electron chi connectivity index (χ0n) is 15.9. The molecule has 3 atom stereocenters. The fourth-order valence-electron chi connectivity index (χ4n) is 5.28. The quantitative estimate of drug-likeness (QED) is 0.561. The number of methoxy groups -OCH3 is 1. The molecular formula is C21H30O4. The van der Waals surface area contributed by atoms with Gasteiger partial charge >= 0.3 is 11.9 Å². The van der Waals surface area contributed by atoms with Gasteiger partial charge in [0, 0.05) is 6.08 Å². The van der Waals surface area contributed by atoms with Crippen LogP contribution in [0.1, 0.15) is 65.7 Å². The molecule has 0 aromatic rings. The number of rotatable bonds is 4. The van der Waals surface area contributed by atoms with Crippen LogP contribution in [0.4, 0.5) is 0 Å². The van der Waals surface area contributed by atoms with E-state index in [9.17, 15) is 9.59 Å². The van der Waals surface area contributed by atoms with E-state index in [-0.39, 0.29) is 17.4 Å². The van der Waals surface area contributed by atoms with Gasteiger partial charge in [-0.1, -0.05) is 25.0 Å². The zero-order chi connectivity index (χ0) is 18.2. The Morgan fingerprint density at radius 2 is 2.12 bits per heavy atom. The first-order valence-corrected chi connectivity index (χ1v) is 9.46. The van der Waals surface area contributed by atoms with E-state index in [1.54, 1.807) is 6.08 Å². The molecule has 0 saturated carbocycles. The molecule has 3 rings (SSSR count). The Labute approximate surface area is 150 Å². The van der Waals surface area contributed by atoms with Crippen LogP contribution in [-0.2, 0) is 19.1 Å². The summed E-state index contributed by atoms with van der Waals surface area (Å²) < 4.78 is 10.2. The number of hydrogen-bond donors (Lipinski definition) is 0. The van der Waals surface area contributed by atoms with Crippen molar-refractivity contribution in [1.82, 2.24) is 0 Å². The van der Waals surface area contributed by atoms with Gasteiger partial charge in [0.15, 0.2) is 0 Å². The van der Waals surface area contributed by atoms with E-state index in [1.807, 2.05) is 0 Å². The summed E-state index contributed by atoms with van der Waals surface area (Å²) in [7, 11) is 1.50. The standard InChI is InChI=1S/C21H30O4/c1-14-10-17-16(6-5-8-21(17,3)19(23)24-4)20(2,12-14)9-7-15-11-18(22)25-13-15/h11,14H,5-10,12-13H2,1-4H3/t14-,20?,21-/m1/s1. The van der Waals surface area contributed by atoms with Gasteiger partial charge in [0.05, 0.1) is 12.5 Å². The molecule has 1 aliphatic heterocycles. The van der Waals surface area contributed by atoms with Crippen molar-refractivity contribution >= 4 is 11.9 Å². The van der Waals surface area contributed by atoms with Gasteiger partial charge < -0.3 is 9.47 Å². The Morgan fingerprint density at radius 3 is 2.76 bits per heavy atom. The van der Waals surface area contributed by atoms with Gasteiger partial charge in [-0.05, 0) is 68.8 Å². The maximum absolute atomic E-state index is 12.5. The third kappa shape index (κ3) is 3.28. The summed E-state index contributed by atoms with van der Waals surface area (Å²) in [5.74, 6) is 0.253. The summed E-state index contributed by atoms with van der Waals surface area (Å²) in [6.07, 6.45) is 8.69. The van der Waals surface area contributed by atoms with Crippen LogP contribution in [0.5, 0.6) is 0 Å². The molecule has 0 N–H and O–H groups in total. The minimum absolute atomic E-state index is 0.0892. The van der Waals surface area contributed by atoms with Crippen molar-refractivity contribution < 1.29 is 19.1 Å².